The highest BCUT2D eigenvalue weighted by molar-refractivity contribution is 6.31. The Kier molecular flexibility index (Phi) is 4.46. The molecule has 0 atom stereocenters. The van der Waals surface area contributed by atoms with Gasteiger partial charge in [-0.3, -0.25) is 0 Å². The molecular formula is C14H11ClF3N3O2. The van der Waals surface area contributed by atoms with E-state index in [9.17, 15) is 18.0 Å². The molecule has 122 valence electrons. The van der Waals surface area contributed by atoms with Gasteiger partial charge in [-0.05, 0) is 31.0 Å². The van der Waals surface area contributed by atoms with Crippen LogP contribution < -0.4 is 5.32 Å². The smallest absolute Gasteiger partial charge is 0.434 e. The van der Waals surface area contributed by atoms with E-state index in [1.165, 1.54) is 0 Å². The van der Waals surface area contributed by atoms with Crippen molar-refractivity contribution in [3.8, 4) is 0 Å². The Morgan fingerprint density at radius 3 is 2.52 bits per heavy atom. The summed E-state index contributed by atoms with van der Waals surface area (Å²) in [6.45, 7) is 3.43. The first-order valence-corrected chi connectivity index (χ1v) is 6.69. The molecule has 2 aromatic rings. The molecule has 23 heavy (non-hydrogen) atoms. The zero-order valence-electron chi connectivity index (χ0n) is 12.0. The lowest BCUT2D eigenvalue weighted by atomic mass is 10.1. The van der Waals surface area contributed by atoms with Gasteiger partial charge in [0.1, 0.15) is 5.56 Å². The van der Waals surface area contributed by atoms with Crippen molar-refractivity contribution in [2.45, 2.75) is 20.0 Å². The molecule has 2 rings (SSSR count). The van der Waals surface area contributed by atoms with Crippen LogP contribution in [-0.2, 0) is 6.18 Å². The first kappa shape index (κ1) is 17.0. The van der Waals surface area contributed by atoms with E-state index in [0.717, 1.165) is 5.56 Å². The van der Waals surface area contributed by atoms with E-state index in [0.29, 0.717) is 22.5 Å². The third kappa shape index (κ3) is 3.53. The van der Waals surface area contributed by atoms with Crippen molar-refractivity contribution in [1.29, 1.82) is 0 Å². The van der Waals surface area contributed by atoms with Crippen molar-refractivity contribution in [1.82, 2.24) is 9.97 Å². The van der Waals surface area contributed by atoms with Crippen LogP contribution in [0.3, 0.4) is 0 Å². The van der Waals surface area contributed by atoms with Crippen molar-refractivity contribution in [3.63, 3.8) is 0 Å². The van der Waals surface area contributed by atoms with Gasteiger partial charge in [-0.2, -0.15) is 13.2 Å². The van der Waals surface area contributed by atoms with Gasteiger partial charge < -0.3 is 10.4 Å². The molecule has 1 aromatic heterocycles. The minimum Gasteiger partial charge on any atom is -0.478 e. The molecule has 0 amide bonds. The highest BCUT2D eigenvalue weighted by atomic mass is 35.5. The van der Waals surface area contributed by atoms with E-state index in [1.807, 2.05) is 0 Å². The average molecular weight is 346 g/mol. The molecule has 0 bridgehead atoms. The number of aromatic carboxylic acids is 1. The summed E-state index contributed by atoms with van der Waals surface area (Å²) in [5, 5.41) is 11.9. The average Bonchev–Trinajstić information content (AvgIpc) is 2.46. The van der Waals surface area contributed by atoms with Gasteiger partial charge in [0.15, 0.2) is 5.69 Å². The second-order valence-electron chi connectivity index (χ2n) is 4.75. The lowest BCUT2D eigenvalue weighted by Gasteiger charge is -2.14. The maximum Gasteiger partial charge on any atom is 0.434 e. The van der Waals surface area contributed by atoms with E-state index in [4.69, 9.17) is 16.7 Å². The number of nitrogens with one attached hydrogen (secondary N) is 1. The molecule has 0 unspecified atom stereocenters. The zero-order chi connectivity index (χ0) is 17.4. The number of halogens is 4. The van der Waals surface area contributed by atoms with E-state index in [2.05, 4.69) is 15.3 Å². The van der Waals surface area contributed by atoms with Crippen LogP contribution in [0.15, 0.2) is 18.3 Å². The molecule has 5 nitrogen and oxygen atoms in total. The Bertz CT molecular complexity index is 779. The van der Waals surface area contributed by atoms with Crippen LogP contribution in [0.25, 0.3) is 0 Å². The normalized spacial score (nSPS) is 11.4. The molecule has 0 radical (unpaired) electrons. The van der Waals surface area contributed by atoms with Crippen molar-refractivity contribution in [3.05, 3.63) is 45.7 Å². The number of benzene rings is 1. The topological polar surface area (TPSA) is 75.1 Å². The van der Waals surface area contributed by atoms with Crippen molar-refractivity contribution in [2.75, 3.05) is 5.32 Å². The molecule has 0 saturated heterocycles. The first-order valence-electron chi connectivity index (χ1n) is 6.31. The van der Waals surface area contributed by atoms with Gasteiger partial charge in [-0.15, -0.1) is 0 Å². The summed E-state index contributed by atoms with van der Waals surface area (Å²) in [5.74, 6) is -2.12. The Morgan fingerprint density at radius 2 is 1.96 bits per heavy atom. The third-order valence-corrected chi connectivity index (χ3v) is 3.54. The van der Waals surface area contributed by atoms with Crippen LogP contribution in [-0.4, -0.2) is 21.0 Å². The van der Waals surface area contributed by atoms with Gasteiger partial charge in [0.2, 0.25) is 5.95 Å². The minimum atomic E-state index is -4.91. The summed E-state index contributed by atoms with van der Waals surface area (Å²) in [5.41, 5.74) is -0.714. The lowest BCUT2D eigenvalue weighted by Crippen LogP contribution is -2.17. The quantitative estimate of drug-likeness (QED) is 0.871. The molecule has 0 fully saturated rings. The number of carboxylic acids is 1. The Hall–Kier alpha value is -2.35. The lowest BCUT2D eigenvalue weighted by molar-refractivity contribution is -0.141. The monoisotopic (exact) mass is 345 g/mol. The number of rotatable bonds is 3. The van der Waals surface area contributed by atoms with E-state index < -0.39 is 23.4 Å². The van der Waals surface area contributed by atoms with Crippen molar-refractivity contribution in [2.24, 2.45) is 0 Å². The van der Waals surface area contributed by atoms with Crippen LogP contribution in [0.5, 0.6) is 0 Å². The van der Waals surface area contributed by atoms with E-state index >= 15 is 0 Å². The van der Waals surface area contributed by atoms with Gasteiger partial charge in [-0.25, -0.2) is 14.8 Å². The standard InChI is InChI=1S/C14H11ClF3N3O2/c1-6-3-4-9(15)7(2)10(6)20-13-19-5-8(12(22)23)11(21-13)14(16,17)18/h3-5H,1-2H3,(H,22,23)(H,19,20,21). The molecule has 1 aromatic carbocycles. The number of hydrogen-bond donors (Lipinski definition) is 2. The highest BCUT2D eigenvalue weighted by Gasteiger charge is 2.38. The number of hydrogen-bond acceptors (Lipinski definition) is 4. The largest absolute Gasteiger partial charge is 0.478 e. The number of alkyl halides is 3. The molecule has 9 heteroatoms. The summed E-state index contributed by atoms with van der Waals surface area (Å²) in [7, 11) is 0. The minimum absolute atomic E-state index is 0.365. The van der Waals surface area contributed by atoms with E-state index in [-0.39, 0.29) is 5.95 Å². The fourth-order valence-corrected chi connectivity index (χ4v) is 2.10. The van der Waals surface area contributed by atoms with Crippen molar-refractivity contribution >= 4 is 29.2 Å². The number of carbonyl (C=O) groups is 1. The van der Waals surface area contributed by atoms with Gasteiger partial charge in [0.25, 0.3) is 0 Å². The van der Waals surface area contributed by atoms with Crippen LogP contribution in [0.4, 0.5) is 24.8 Å². The summed E-state index contributed by atoms with van der Waals surface area (Å²) in [6, 6.07) is 3.35. The molecule has 0 aliphatic carbocycles. The summed E-state index contributed by atoms with van der Waals surface area (Å²) >= 11 is 5.98. The second-order valence-corrected chi connectivity index (χ2v) is 5.16. The molecule has 1 heterocycles. The van der Waals surface area contributed by atoms with Crippen LogP contribution in [0.2, 0.25) is 5.02 Å². The maximum atomic E-state index is 12.9. The summed E-state index contributed by atoms with van der Waals surface area (Å²) < 4.78 is 38.8. The SMILES string of the molecule is Cc1ccc(Cl)c(C)c1Nc1ncc(C(=O)O)c(C(F)(F)F)n1. The fourth-order valence-electron chi connectivity index (χ4n) is 1.94. The third-order valence-electron chi connectivity index (χ3n) is 3.13. The highest BCUT2D eigenvalue weighted by Crippen LogP contribution is 2.33. The van der Waals surface area contributed by atoms with Crippen LogP contribution in [0.1, 0.15) is 27.2 Å². The number of anilines is 2. The molecular weight excluding hydrogens is 335 g/mol. The van der Waals surface area contributed by atoms with Crippen LogP contribution in [0, 0.1) is 13.8 Å². The first-order chi connectivity index (χ1) is 10.6. The summed E-state index contributed by atoms with van der Waals surface area (Å²) in [6.07, 6.45) is -4.29. The fraction of sp³-hybridized carbons (Fsp3) is 0.214. The zero-order valence-corrected chi connectivity index (χ0v) is 12.7. The number of aromatic nitrogens is 2. The number of nitrogens with zero attached hydrogens (tertiary/aromatic N) is 2. The second kappa shape index (κ2) is 6.04. The van der Waals surface area contributed by atoms with Gasteiger partial charge in [0, 0.05) is 16.9 Å². The predicted octanol–water partition coefficient (Wildman–Crippen LogP) is 4.21. The van der Waals surface area contributed by atoms with Gasteiger partial charge in [-0.1, -0.05) is 17.7 Å². The number of aryl methyl sites for hydroxylation is 1. The predicted molar refractivity (Wildman–Crippen MR) is 78.2 cm³/mol. The molecule has 0 aliphatic heterocycles. The molecule has 0 aliphatic rings. The summed E-state index contributed by atoms with van der Waals surface area (Å²) in [4.78, 5) is 17.8. The van der Waals surface area contributed by atoms with Gasteiger partial charge in [0.05, 0.1) is 0 Å². The van der Waals surface area contributed by atoms with E-state index in [1.54, 1.807) is 26.0 Å². The molecule has 0 spiro atoms. The van der Waals surface area contributed by atoms with Gasteiger partial charge >= 0.3 is 12.1 Å². The Morgan fingerprint density at radius 1 is 1.30 bits per heavy atom. The maximum absolute atomic E-state index is 12.9. The van der Waals surface area contributed by atoms with Crippen LogP contribution >= 0.6 is 11.6 Å². The van der Waals surface area contributed by atoms with Crippen molar-refractivity contribution < 1.29 is 23.1 Å². The molecule has 0 saturated carbocycles. The molecule has 2 N–H and O–H groups in total. The number of carboxylic acid groups (broad SMARTS) is 1. The Labute approximate surface area is 134 Å². The Balaban J connectivity index is 2.51.